The number of hydrogen-bond donors (Lipinski definition) is 2. The quantitative estimate of drug-likeness (QED) is 0.424. The molecule has 6 rings (SSSR count). The second-order valence-electron chi connectivity index (χ2n) is 8.79. The number of fused-ring (bicyclic) bond motifs is 2. The molecule has 3 N–H and O–H groups in total. The van der Waals surface area contributed by atoms with Crippen LogP contribution in [-0.4, -0.2) is 32.4 Å². The predicted octanol–water partition coefficient (Wildman–Crippen LogP) is 4.29. The van der Waals surface area contributed by atoms with Crippen LogP contribution >= 0.6 is 0 Å². The highest BCUT2D eigenvalue weighted by Gasteiger charge is 2.30. The van der Waals surface area contributed by atoms with E-state index in [4.69, 9.17) is 10.5 Å². The molecule has 34 heavy (non-hydrogen) atoms. The summed E-state index contributed by atoms with van der Waals surface area (Å²) in [5, 5.41) is 12.0. The van der Waals surface area contributed by atoms with Crippen molar-refractivity contribution in [3.63, 3.8) is 0 Å². The Morgan fingerprint density at radius 2 is 1.85 bits per heavy atom. The molecule has 0 spiro atoms. The molecule has 0 radical (unpaired) electrons. The van der Waals surface area contributed by atoms with Crippen molar-refractivity contribution in [3.8, 4) is 22.6 Å². The van der Waals surface area contributed by atoms with Gasteiger partial charge in [-0.1, -0.05) is 24.3 Å². The molecule has 0 unspecified atom stereocenters. The molecule has 7 heteroatoms. The highest BCUT2D eigenvalue weighted by molar-refractivity contribution is 6.04. The maximum Gasteiger partial charge on any atom is 0.263 e. The summed E-state index contributed by atoms with van der Waals surface area (Å²) in [5.41, 5.74) is 9.74. The number of methoxy groups -OCH3 is 1. The van der Waals surface area contributed by atoms with E-state index >= 15 is 0 Å². The molecule has 0 bridgehead atoms. The van der Waals surface area contributed by atoms with Crippen LogP contribution in [0.3, 0.4) is 0 Å². The van der Waals surface area contributed by atoms with Gasteiger partial charge in [-0.3, -0.25) is 9.36 Å². The largest absolute Gasteiger partial charge is 0.495 e. The number of ether oxygens (including phenoxy) is 1. The van der Waals surface area contributed by atoms with Crippen molar-refractivity contribution < 1.29 is 9.84 Å². The maximum atomic E-state index is 13.6. The van der Waals surface area contributed by atoms with Crippen molar-refractivity contribution in [2.75, 3.05) is 12.8 Å². The topological polar surface area (TPSA) is 95.3 Å². The lowest BCUT2D eigenvalue weighted by Gasteiger charge is -2.33. The van der Waals surface area contributed by atoms with Crippen LogP contribution in [0.15, 0.2) is 78.0 Å². The minimum Gasteiger partial charge on any atom is -0.495 e. The van der Waals surface area contributed by atoms with Gasteiger partial charge in [-0.25, -0.2) is 4.98 Å². The Bertz CT molecular complexity index is 1600. The fourth-order valence-electron chi connectivity index (χ4n) is 4.96. The number of aliphatic hydroxyl groups excluding tert-OH is 1. The summed E-state index contributed by atoms with van der Waals surface area (Å²) in [7, 11) is 1.61. The third-order valence-corrected chi connectivity index (χ3v) is 6.80. The van der Waals surface area contributed by atoms with Gasteiger partial charge in [0.15, 0.2) is 0 Å². The standard InChI is InChI=1S/C27H24N4O3/c1-34-24-15-31(17-5-3-2-4-6-17)27(33)21-11-16(7-8-20(21)24)22-14-30(18-12-19(32)13-18)23-9-10-29-26(28)25(22)23/h2-11,14-15,18-19,32H,12-13H2,1H3,(H2,28,29). The Labute approximate surface area is 195 Å². The molecule has 3 heterocycles. The zero-order valence-electron chi connectivity index (χ0n) is 18.7. The minimum atomic E-state index is -0.269. The van der Waals surface area contributed by atoms with Gasteiger partial charge in [-0.2, -0.15) is 0 Å². The van der Waals surface area contributed by atoms with Gasteiger partial charge in [0.25, 0.3) is 5.56 Å². The molecular weight excluding hydrogens is 428 g/mol. The average Bonchev–Trinajstić information content (AvgIpc) is 3.23. The monoisotopic (exact) mass is 452 g/mol. The van der Waals surface area contributed by atoms with Gasteiger partial charge >= 0.3 is 0 Å². The first-order chi connectivity index (χ1) is 16.5. The van der Waals surface area contributed by atoms with Gasteiger partial charge in [-0.05, 0) is 48.7 Å². The van der Waals surface area contributed by atoms with Crippen molar-refractivity contribution in [2.45, 2.75) is 25.0 Å². The normalized spacial score (nSPS) is 17.7. The van der Waals surface area contributed by atoms with Crippen LogP contribution in [0.2, 0.25) is 0 Å². The number of pyridine rings is 2. The maximum absolute atomic E-state index is 13.6. The lowest BCUT2D eigenvalue weighted by atomic mass is 9.89. The molecule has 1 aliphatic carbocycles. The Morgan fingerprint density at radius 3 is 2.59 bits per heavy atom. The molecule has 0 amide bonds. The zero-order valence-corrected chi connectivity index (χ0v) is 18.7. The van der Waals surface area contributed by atoms with Crippen LogP contribution in [0.1, 0.15) is 18.9 Å². The Hall–Kier alpha value is -4.10. The van der Waals surface area contributed by atoms with E-state index in [9.17, 15) is 9.90 Å². The number of benzene rings is 2. The van der Waals surface area contributed by atoms with Crippen molar-refractivity contribution in [2.24, 2.45) is 0 Å². The second-order valence-corrected chi connectivity index (χ2v) is 8.79. The van der Waals surface area contributed by atoms with Crippen LogP contribution < -0.4 is 16.0 Å². The molecule has 1 aliphatic rings. The number of rotatable bonds is 4. The van der Waals surface area contributed by atoms with E-state index in [-0.39, 0.29) is 17.7 Å². The van der Waals surface area contributed by atoms with Crippen LogP contribution in [0.5, 0.6) is 5.75 Å². The fraction of sp³-hybridized carbons (Fsp3) is 0.185. The summed E-state index contributed by atoms with van der Waals surface area (Å²) in [6.07, 6.45) is 6.65. The summed E-state index contributed by atoms with van der Waals surface area (Å²) in [6.45, 7) is 0. The molecule has 2 aromatic carbocycles. The first kappa shape index (κ1) is 20.5. The number of nitrogens with two attached hydrogens (primary N) is 1. The SMILES string of the molecule is COc1cn(-c2ccccc2)c(=O)c2cc(-c3cn(C4CC(O)C4)c4ccnc(N)c34)ccc12. The summed E-state index contributed by atoms with van der Waals surface area (Å²) in [6, 6.07) is 17.5. The minimum absolute atomic E-state index is 0.124. The van der Waals surface area contributed by atoms with E-state index in [2.05, 4.69) is 15.7 Å². The number of nitrogens with zero attached hydrogens (tertiary/aromatic N) is 3. The van der Waals surface area contributed by atoms with Gasteiger partial charge in [0.1, 0.15) is 11.6 Å². The Kier molecular flexibility index (Phi) is 4.67. The first-order valence-electron chi connectivity index (χ1n) is 11.3. The van der Waals surface area contributed by atoms with Gasteiger partial charge in [0.05, 0.1) is 30.3 Å². The van der Waals surface area contributed by atoms with Gasteiger partial charge in [0.2, 0.25) is 0 Å². The highest BCUT2D eigenvalue weighted by Crippen LogP contribution is 2.41. The summed E-state index contributed by atoms with van der Waals surface area (Å²) in [5.74, 6) is 1.07. The Morgan fingerprint density at radius 1 is 1.06 bits per heavy atom. The van der Waals surface area contributed by atoms with E-state index in [0.717, 1.165) is 33.1 Å². The molecule has 0 atom stereocenters. The summed E-state index contributed by atoms with van der Waals surface area (Å²) >= 11 is 0. The van der Waals surface area contributed by atoms with E-state index in [1.165, 1.54) is 0 Å². The fourth-order valence-corrected chi connectivity index (χ4v) is 4.96. The number of para-hydroxylation sites is 1. The molecule has 0 aliphatic heterocycles. The molecule has 0 saturated heterocycles. The van der Waals surface area contributed by atoms with Gasteiger partial charge in [0, 0.05) is 40.5 Å². The third-order valence-electron chi connectivity index (χ3n) is 6.80. The van der Waals surface area contributed by atoms with E-state index < -0.39 is 0 Å². The number of anilines is 1. The van der Waals surface area contributed by atoms with Gasteiger partial charge in [-0.15, -0.1) is 0 Å². The van der Waals surface area contributed by atoms with Crippen molar-refractivity contribution in [3.05, 3.63) is 83.5 Å². The Balaban J connectivity index is 1.59. The zero-order chi connectivity index (χ0) is 23.4. The summed E-state index contributed by atoms with van der Waals surface area (Å²) < 4.78 is 9.41. The molecule has 1 saturated carbocycles. The number of aromatic nitrogens is 3. The van der Waals surface area contributed by atoms with E-state index in [0.29, 0.717) is 29.8 Å². The highest BCUT2D eigenvalue weighted by atomic mass is 16.5. The second kappa shape index (κ2) is 7.74. The number of aliphatic hydroxyl groups is 1. The van der Waals surface area contributed by atoms with Crippen LogP contribution in [0.4, 0.5) is 5.82 Å². The van der Waals surface area contributed by atoms with Crippen molar-refractivity contribution in [1.82, 2.24) is 14.1 Å². The van der Waals surface area contributed by atoms with Crippen LogP contribution in [0.25, 0.3) is 38.5 Å². The van der Waals surface area contributed by atoms with Crippen molar-refractivity contribution >= 4 is 27.5 Å². The molecule has 7 nitrogen and oxygen atoms in total. The predicted molar refractivity (Wildman–Crippen MR) is 134 cm³/mol. The number of hydrogen-bond acceptors (Lipinski definition) is 5. The first-order valence-corrected chi connectivity index (χ1v) is 11.3. The van der Waals surface area contributed by atoms with Crippen molar-refractivity contribution in [1.29, 1.82) is 0 Å². The smallest absolute Gasteiger partial charge is 0.263 e. The number of nitrogen functional groups attached to an aromatic ring is 1. The molecule has 170 valence electrons. The van der Waals surface area contributed by atoms with Crippen LogP contribution in [-0.2, 0) is 0 Å². The lowest BCUT2D eigenvalue weighted by Crippen LogP contribution is -2.30. The van der Waals surface area contributed by atoms with Gasteiger partial charge < -0.3 is 20.1 Å². The van der Waals surface area contributed by atoms with Crippen LogP contribution in [0, 0.1) is 0 Å². The molecule has 3 aromatic heterocycles. The molecule has 1 fully saturated rings. The third kappa shape index (κ3) is 3.08. The summed E-state index contributed by atoms with van der Waals surface area (Å²) in [4.78, 5) is 17.9. The van der Waals surface area contributed by atoms with E-state index in [1.54, 1.807) is 24.1 Å². The molecular formula is C27H24N4O3. The average molecular weight is 453 g/mol. The van der Waals surface area contributed by atoms with E-state index in [1.807, 2.05) is 54.6 Å². The molecule has 5 aromatic rings. The lowest BCUT2D eigenvalue weighted by molar-refractivity contribution is 0.0504.